The topological polar surface area (TPSA) is 78.8 Å². The number of imide groups is 1. The molecule has 1 aromatic rings. The number of nitrogens with zero attached hydrogens (tertiary/aromatic N) is 2. The van der Waals surface area contributed by atoms with Gasteiger partial charge in [-0.25, -0.2) is 0 Å². The van der Waals surface area contributed by atoms with Gasteiger partial charge in [0.1, 0.15) is 6.04 Å². The Labute approximate surface area is 115 Å². The van der Waals surface area contributed by atoms with Gasteiger partial charge in [0.05, 0.1) is 5.69 Å². The van der Waals surface area contributed by atoms with Crippen molar-refractivity contribution in [2.24, 2.45) is 4.99 Å². The van der Waals surface area contributed by atoms with E-state index in [9.17, 15) is 14.4 Å². The van der Waals surface area contributed by atoms with Gasteiger partial charge in [-0.15, -0.1) is 0 Å². The van der Waals surface area contributed by atoms with E-state index in [0.29, 0.717) is 24.2 Å². The molecular formula is C14H13N3O3. The average Bonchev–Trinajstić information content (AvgIpc) is 2.76. The third-order valence-corrected chi connectivity index (χ3v) is 3.69. The summed E-state index contributed by atoms with van der Waals surface area (Å²) in [6, 6.07) is 4.71. The van der Waals surface area contributed by atoms with Crippen molar-refractivity contribution in [3.05, 3.63) is 29.3 Å². The molecule has 1 unspecified atom stereocenters. The third kappa shape index (κ3) is 1.89. The third-order valence-electron chi connectivity index (χ3n) is 3.69. The fraction of sp³-hybridized carbons (Fsp3) is 0.286. The molecule has 3 rings (SSSR count). The molecule has 0 saturated carbocycles. The summed E-state index contributed by atoms with van der Waals surface area (Å²) in [5, 5.41) is 2.28. The van der Waals surface area contributed by atoms with E-state index in [4.69, 9.17) is 0 Å². The van der Waals surface area contributed by atoms with Gasteiger partial charge in [0.15, 0.2) is 0 Å². The molecule has 2 heterocycles. The number of amides is 3. The molecule has 1 fully saturated rings. The number of benzene rings is 1. The molecule has 3 amide bonds. The van der Waals surface area contributed by atoms with Crippen molar-refractivity contribution in [3.63, 3.8) is 0 Å². The molecule has 1 atom stereocenters. The van der Waals surface area contributed by atoms with E-state index in [1.165, 1.54) is 4.90 Å². The van der Waals surface area contributed by atoms with Gasteiger partial charge < -0.3 is 4.90 Å². The van der Waals surface area contributed by atoms with E-state index < -0.39 is 11.9 Å². The molecule has 0 aromatic heterocycles. The van der Waals surface area contributed by atoms with Crippen LogP contribution in [0.2, 0.25) is 0 Å². The smallest absolute Gasteiger partial charge is 0.255 e. The molecule has 2 aliphatic heterocycles. The maximum atomic E-state index is 12.4. The summed E-state index contributed by atoms with van der Waals surface area (Å²) in [6.07, 6.45) is 0.632. The lowest BCUT2D eigenvalue weighted by Gasteiger charge is -2.29. The normalized spacial score (nSPS) is 21.7. The zero-order valence-electron chi connectivity index (χ0n) is 10.8. The Morgan fingerprint density at radius 3 is 2.80 bits per heavy atom. The Hall–Kier alpha value is -2.50. The molecule has 0 aliphatic carbocycles. The number of hydrogen-bond donors (Lipinski definition) is 1. The molecule has 2 aliphatic rings. The molecule has 1 aromatic carbocycles. The van der Waals surface area contributed by atoms with Gasteiger partial charge in [-0.2, -0.15) is 0 Å². The van der Waals surface area contributed by atoms with Crippen molar-refractivity contribution >= 4 is 30.1 Å². The van der Waals surface area contributed by atoms with Crippen molar-refractivity contribution in [1.29, 1.82) is 0 Å². The Morgan fingerprint density at radius 2 is 2.10 bits per heavy atom. The largest absolute Gasteiger partial charge is 0.322 e. The Balaban J connectivity index is 1.88. The minimum atomic E-state index is -0.576. The molecular weight excluding hydrogens is 258 g/mol. The Bertz CT molecular complexity index is 639. The number of carbonyl (C=O) groups excluding carboxylic acids is 3. The zero-order valence-corrected chi connectivity index (χ0v) is 10.8. The van der Waals surface area contributed by atoms with Gasteiger partial charge in [0, 0.05) is 18.5 Å². The van der Waals surface area contributed by atoms with Crippen LogP contribution in [0.15, 0.2) is 23.2 Å². The van der Waals surface area contributed by atoms with Gasteiger partial charge in [-0.1, -0.05) is 6.07 Å². The van der Waals surface area contributed by atoms with Gasteiger partial charge in [-0.3, -0.25) is 24.7 Å². The summed E-state index contributed by atoms with van der Waals surface area (Å²) >= 11 is 0. The fourth-order valence-corrected chi connectivity index (χ4v) is 2.64. The number of carbonyl (C=O) groups is 3. The zero-order chi connectivity index (χ0) is 14.3. The Morgan fingerprint density at radius 1 is 1.30 bits per heavy atom. The highest BCUT2D eigenvalue weighted by molar-refractivity contribution is 6.05. The van der Waals surface area contributed by atoms with Crippen LogP contribution in [0.1, 0.15) is 28.8 Å². The lowest BCUT2D eigenvalue weighted by atomic mass is 10.0. The molecule has 0 radical (unpaired) electrons. The quantitative estimate of drug-likeness (QED) is 0.637. The van der Waals surface area contributed by atoms with E-state index in [-0.39, 0.29) is 18.2 Å². The molecule has 20 heavy (non-hydrogen) atoms. The summed E-state index contributed by atoms with van der Waals surface area (Å²) in [5.74, 6) is -0.877. The van der Waals surface area contributed by atoms with Crippen LogP contribution in [0, 0.1) is 0 Å². The first-order chi connectivity index (χ1) is 9.60. The highest BCUT2D eigenvalue weighted by atomic mass is 16.2. The maximum Gasteiger partial charge on any atom is 0.255 e. The molecule has 1 saturated heterocycles. The standard InChI is InChI=1S/C14H13N3O3/c1-15-9-3-2-8-7-17(14(20)10(8)6-9)11-4-5-12(18)16-13(11)19/h2-3,6,11H,1,4-5,7H2,(H,16,18,19). The van der Waals surface area contributed by atoms with Crippen LogP contribution in [0.5, 0.6) is 0 Å². The van der Waals surface area contributed by atoms with Crippen LogP contribution in [-0.4, -0.2) is 35.4 Å². The number of piperidine rings is 1. The van der Waals surface area contributed by atoms with E-state index in [0.717, 1.165) is 5.56 Å². The lowest BCUT2D eigenvalue weighted by Crippen LogP contribution is -2.52. The number of nitrogens with one attached hydrogen (secondary N) is 1. The predicted molar refractivity (Wildman–Crippen MR) is 71.7 cm³/mol. The highest BCUT2D eigenvalue weighted by Gasteiger charge is 2.38. The predicted octanol–water partition coefficient (Wildman–Crippen LogP) is 0.780. The van der Waals surface area contributed by atoms with Crippen molar-refractivity contribution in [2.75, 3.05) is 0 Å². The summed E-state index contributed by atoms with van der Waals surface area (Å²) in [4.78, 5) is 40.7. The molecule has 6 nitrogen and oxygen atoms in total. The fourth-order valence-electron chi connectivity index (χ4n) is 2.64. The van der Waals surface area contributed by atoms with E-state index in [2.05, 4.69) is 17.0 Å². The summed E-state index contributed by atoms with van der Waals surface area (Å²) in [6.45, 7) is 3.82. The second-order valence-corrected chi connectivity index (χ2v) is 4.90. The van der Waals surface area contributed by atoms with Crippen LogP contribution in [0.3, 0.4) is 0 Å². The number of aliphatic imine (C=N–C) groups is 1. The van der Waals surface area contributed by atoms with Gasteiger partial charge in [-0.05, 0) is 30.8 Å². The minimum absolute atomic E-state index is 0.194. The highest BCUT2D eigenvalue weighted by Crippen LogP contribution is 2.29. The van der Waals surface area contributed by atoms with E-state index in [1.807, 2.05) is 6.07 Å². The summed E-state index contributed by atoms with van der Waals surface area (Å²) < 4.78 is 0. The minimum Gasteiger partial charge on any atom is -0.322 e. The maximum absolute atomic E-state index is 12.4. The van der Waals surface area contributed by atoms with Crippen LogP contribution in [0.4, 0.5) is 5.69 Å². The van der Waals surface area contributed by atoms with Crippen molar-refractivity contribution in [1.82, 2.24) is 10.2 Å². The van der Waals surface area contributed by atoms with Crippen molar-refractivity contribution in [3.8, 4) is 0 Å². The lowest BCUT2D eigenvalue weighted by molar-refractivity contribution is -0.136. The summed E-state index contributed by atoms with van der Waals surface area (Å²) in [5.41, 5.74) is 2.05. The average molecular weight is 271 g/mol. The van der Waals surface area contributed by atoms with Crippen molar-refractivity contribution in [2.45, 2.75) is 25.4 Å². The number of rotatable bonds is 2. The molecule has 0 bridgehead atoms. The van der Waals surface area contributed by atoms with Crippen LogP contribution >= 0.6 is 0 Å². The first-order valence-electron chi connectivity index (χ1n) is 6.34. The first-order valence-corrected chi connectivity index (χ1v) is 6.34. The number of hydrogen-bond acceptors (Lipinski definition) is 4. The van der Waals surface area contributed by atoms with Crippen LogP contribution < -0.4 is 5.32 Å². The SMILES string of the molecule is C=Nc1ccc2c(c1)C(=O)N(C1CCC(=O)NC1=O)C2. The second kappa shape index (κ2) is 4.56. The number of fused-ring (bicyclic) bond motifs is 1. The van der Waals surface area contributed by atoms with Gasteiger partial charge >= 0.3 is 0 Å². The monoisotopic (exact) mass is 271 g/mol. The molecule has 102 valence electrons. The van der Waals surface area contributed by atoms with Crippen LogP contribution in [0.25, 0.3) is 0 Å². The first kappa shape index (κ1) is 12.5. The molecule has 1 N–H and O–H groups in total. The van der Waals surface area contributed by atoms with E-state index in [1.54, 1.807) is 12.1 Å². The van der Waals surface area contributed by atoms with Gasteiger partial charge in [0.2, 0.25) is 11.8 Å². The molecule has 0 spiro atoms. The van der Waals surface area contributed by atoms with Crippen molar-refractivity contribution < 1.29 is 14.4 Å². The second-order valence-electron chi connectivity index (χ2n) is 4.90. The van der Waals surface area contributed by atoms with Gasteiger partial charge in [0.25, 0.3) is 5.91 Å². The van der Waals surface area contributed by atoms with E-state index >= 15 is 0 Å². The van der Waals surface area contributed by atoms with Crippen LogP contribution in [-0.2, 0) is 16.1 Å². The summed E-state index contributed by atoms with van der Waals surface area (Å²) in [7, 11) is 0. The Kier molecular flexibility index (Phi) is 2.85. The molecule has 6 heteroatoms.